The molecule has 1 aliphatic rings. The maximum absolute atomic E-state index is 4.35. The molecule has 1 fully saturated rings. The Balaban J connectivity index is 1.91. The summed E-state index contributed by atoms with van der Waals surface area (Å²) in [6.45, 7) is 5.57. The van der Waals surface area contributed by atoms with Gasteiger partial charge in [-0.05, 0) is 46.3 Å². The molecule has 17 heavy (non-hydrogen) atoms. The molecule has 1 unspecified atom stereocenters. The Morgan fingerprint density at radius 3 is 3.12 bits per heavy atom. The quantitative estimate of drug-likeness (QED) is 0.873. The third-order valence-electron chi connectivity index (χ3n) is 3.50. The summed E-state index contributed by atoms with van der Waals surface area (Å²) in [4.78, 5) is 8.41. The van der Waals surface area contributed by atoms with E-state index in [1.54, 1.807) is 0 Å². The molecule has 0 aromatic carbocycles. The van der Waals surface area contributed by atoms with Gasteiger partial charge in [-0.2, -0.15) is 0 Å². The third kappa shape index (κ3) is 3.76. The first-order chi connectivity index (χ1) is 8.29. The highest BCUT2D eigenvalue weighted by atomic mass is 32.1. The molecule has 2 heterocycles. The Morgan fingerprint density at radius 2 is 2.41 bits per heavy atom. The molecular formula is C13H23N3S. The van der Waals surface area contributed by atoms with Crippen LogP contribution < -0.4 is 5.32 Å². The molecule has 96 valence electrons. The van der Waals surface area contributed by atoms with Crippen LogP contribution in [-0.2, 0) is 6.54 Å². The number of aromatic nitrogens is 1. The Hall–Kier alpha value is -0.450. The Morgan fingerprint density at radius 1 is 1.53 bits per heavy atom. The van der Waals surface area contributed by atoms with E-state index in [0.29, 0.717) is 0 Å². The molecule has 0 spiro atoms. The summed E-state index contributed by atoms with van der Waals surface area (Å²) in [5.74, 6) is 0. The summed E-state index contributed by atoms with van der Waals surface area (Å²) < 4.78 is 0. The minimum absolute atomic E-state index is 0.763. The number of hydrogen-bond donors (Lipinski definition) is 1. The number of thiazole rings is 1. The highest BCUT2D eigenvalue weighted by molar-refractivity contribution is 7.11. The van der Waals surface area contributed by atoms with Gasteiger partial charge in [-0.25, -0.2) is 4.98 Å². The summed E-state index contributed by atoms with van der Waals surface area (Å²) in [5, 5.41) is 4.45. The lowest BCUT2D eigenvalue weighted by Crippen LogP contribution is -2.40. The monoisotopic (exact) mass is 253 g/mol. The summed E-state index contributed by atoms with van der Waals surface area (Å²) >= 11 is 1.84. The van der Waals surface area contributed by atoms with Crippen molar-refractivity contribution >= 4 is 11.3 Å². The van der Waals surface area contributed by atoms with Crippen LogP contribution in [0.5, 0.6) is 0 Å². The Bertz CT molecular complexity index is 337. The zero-order chi connectivity index (χ0) is 12.1. The van der Waals surface area contributed by atoms with Crippen LogP contribution in [0.1, 0.15) is 35.6 Å². The van der Waals surface area contributed by atoms with Crippen LogP contribution in [0.2, 0.25) is 0 Å². The molecule has 3 nitrogen and oxygen atoms in total. The van der Waals surface area contributed by atoms with E-state index in [9.17, 15) is 0 Å². The molecule has 0 radical (unpaired) electrons. The number of aryl methyl sites for hydroxylation is 1. The lowest BCUT2D eigenvalue weighted by atomic mass is 9.99. The van der Waals surface area contributed by atoms with Crippen molar-refractivity contribution in [2.45, 2.75) is 45.2 Å². The van der Waals surface area contributed by atoms with Crippen molar-refractivity contribution in [2.24, 2.45) is 0 Å². The first-order valence-corrected chi connectivity index (χ1v) is 7.41. The van der Waals surface area contributed by atoms with E-state index in [4.69, 9.17) is 0 Å². The van der Waals surface area contributed by atoms with Gasteiger partial charge in [0.2, 0.25) is 0 Å². The van der Waals surface area contributed by atoms with Crippen LogP contribution >= 0.6 is 11.3 Å². The van der Waals surface area contributed by atoms with Crippen LogP contribution in [0.4, 0.5) is 0 Å². The summed E-state index contributed by atoms with van der Waals surface area (Å²) in [6, 6.07) is 0.763. The average molecular weight is 253 g/mol. The maximum atomic E-state index is 4.35. The number of rotatable bonds is 5. The van der Waals surface area contributed by atoms with Gasteiger partial charge >= 0.3 is 0 Å². The molecule has 4 heteroatoms. The van der Waals surface area contributed by atoms with E-state index >= 15 is 0 Å². The number of nitrogens with zero attached hydrogens (tertiary/aromatic N) is 2. The number of hydrogen-bond acceptors (Lipinski definition) is 4. The van der Waals surface area contributed by atoms with Gasteiger partial charge in [-0.15, -0.1) is 11.3 Å². The lowest BCUT2D eigenvalue weighted by molar-refractivity contribution is 0.133. The Kier molecular flexibility index (Phi) is 4.95. The molecule has 1 aromatic rings. The molecule has 1 atom stereocenters. The normalized spacial score (nSPS) is 21.9. The molecule has 0 bridgehead atoms. The van der Waals surface area contributed by atoms with Gasteiger partial charge < -0.3 is 5.32 Å². The lowest BCUT2D eigenvalue weighted by Gasteiger charge is -2.35. The van der Waals surface area contributed by atoms with Gasteiger partial charge in [0.25, 0.3) is 0 Å². The number of likely N-dealkylation sites (tertiary alicyclic amines) is 1. The van der Waals surface area contributed by atoms with Crippen molar-refractivity contribution in [3.05, 3.63) is 16.1 Å². The van der Waals surface area contributed by atoms with Gasteiger partial charge in [0, 0.05) is 23.7 Å². The predicted octanol–water partition coefficient (Wildman–Crippen LogP) is 2.42. The van der Waals surface area contributed by atoms with E-state index in [2.05, 4.69) is 22.1 Å². The second-order valence-corrected chi connectivity index (χ2v) is 6.18. The number of piperidine rings is 1. The van der Waals surface area contributed by atoms with Gasteiger partial charge in [0.15, 0.2) is 0 Å². The van der Waals surface area contributed by atoms with Gasteiger partial charge in [0.05, 0.1) is 5.01 Å². The standard InChI is InChI=1S/C13H23N3S/c1-11-15-9-13(17-11)10-16-8-4-3-5-12(16)6-7-14-2/h9,12,14H,3-8,10H2,1-2H3. The molecular weight excluding hydrogens is 230 g/mol. The minimum Gasteiger partial charge on any atom is -0.320 e. The molecule has 1 saturated heterocycles. The summed E-state index contributed by atoms with van der Waals surface area (Å²) in [5.41, 5.74) is 0. The fourth-order valence-electron chi connectivity index (χ4n) is 2.58. The first kappa shape index (κ1) is 13.0. The highest BCUT2D eigenvalue weighted by Gasteiger charge is 2.22. The largest absolute Gasteiger partial charge is 0.320 e. The SMILES string of the molecule is CNCCC1CCCCN1Cc1cnc(C)s1. The van der Waals surface area contributed by atoms with E-state index in [-0.39, 0.29) is 0 Å². The van der Waals surface area contributed by atoms with Crippen LogP contribution in [0.25, 0.3) is 0 Å². The van der Waals surface area contributed by atoms with Crippen molar-refractivity contribution in [1.29, 1.82) is 0 Å². The van der Waals surface area contributed by atoms with Gasteiger partial charge in [-0.3, -0.25) is 4.90 Å². The van der Waals surface area contributed by atoms with Crippen molar-refractivity contribution in [2.75, 3.05) is 20.1 Å². The van der Waals surface area contributed by atoms with Crippen molar-refractivity contribution in [1.82, 2.24) is 15.2 Å². The van der Waals surface area contributed by atoms with Crippen LogP contribution in [0.3, 0.4) is 0 Å². The van der Waals surface area contributed by atoms with E-state index < -0.39 is 0 Å². The molecule has 1 N–H and O–H groups in total. The summed E-state index contributed by atoms with van der Waals surface area (Å²) in [7, 11) is 2.04. The van der Waals surface area contributed by atoms with Crippen LogP contribution in [0.15, 0.2) is 6.20 Å². The van der Waals surface area contributed by atoms with Crippen molar-refractivity contribution in [3.63, 3.8) is 0 Å². The highest BCUT2D eigenvalue weighted by Crippen LogP contribution is 2.23. The number of nitrogens with one attached hydrogen (secondary N) is 1. The fourth-order valence-corrected chi connectivity index (χ4v) is 3.41. The third-order valence-corrected chi connectivity index (χ3v) is 4.40. The van der Waals surface area contributed by atoms with E-state index in [1.165, 1.54) is 42.1 Å². The van der Waals surface area contributed by atoms with Crippen molar-refractivity contribution < 1.29 is 0 Å². The summed E-state index contributed by atoms with van der Waals surface area (Å²) in [6.07, 6.45) is 7.43. The minimum atomic E-state index is 0.763. The molecule has 0 amide bonds. The topological polar surface area (TPSA) is 28.2 Å². The molecule has 0 saturated carbocycles. The zero-order valence-electron chi connectivity index (χ0n) is 10.9. The molecule has 1 aliphatic heterocycles. The molecule has 0 aliphatic carbocycles. The smallest absolute Gasteiger partial charge is 0.0897 e. The second-order valence-electron chi connectivity index (χ2n) is 4.86. The first-order valence-electron chi connectivity index (χ1n) is 6.59. The fraction of sp³-hybridized carbons (Fsp3) is 0.769. The van der Waals surface area contributed by atoms with Gasteiger partial charge in [0.1, 0.15) is 0 Å². The Labute approximate surface area is 108 Å². The predicted molar refractivity (Wildman–Crippen MR) is 73.4 cm³/mol. The van der Waals surface area contributed by atoms with E-state index in [0.717, 1.165) is 19.1 Å². The van der Waals surface area contributed by atoms with Gasteiger partial charge in [-0.1, -0.05) is 6.42 Å². The average Bonchev–Trinajstić information content (AvgIpc) is 2.74. The van der Waals surface area contributed by atoms with Crippen LogP contribution in [0, 0.1) is 6.92 Å². The maximum Gasteiger partial charge on any atom is 0.0897 e. The van der Waals surface area contributed by atoms with E-state index in [1.807, 2.05) is 24.6 Å². The molecule has 1 aromatic heterocycles. The second kappa shape index (κ2) is 6.47. The molecule has 2 rings (SSSR count). The van der Waals surface area contributed by atoms with Crippen molar-refractivity contribution in [3.8, 4) is 0 Å². The zero-order valence-corrected chi connectivity index (χ0v) is 11.7. The van der Waals surface area contributed by atoms with Crippen LogP contribution in [-0.4, -0.2) is 36.1 Å².